The maximum Gasteiger partial charge on any atom is 0.322 e. The van der Waals surface area contributed by atoms with Gasteiger partial charge >= 0.3 is 5.69 Å². The maximum absolute atomic E-state index is 12.8. The number of aromatic nitrogens is 2. The molecule has 0 spiro atoms. The molecule has 126 valence electrons. The first-order valence-corrected chi connectivity index (χ1v) is 7.68. The summed E-state index contributed by atoms with van der Waals surface area (Å²) in [7, 11) is 1.54. The van der Waals surface area contributed by atoms with Gasteiger partial charge in [0.05, 0.1) is 4.92 Å². The van der Waals surface area contributed by atoms with E-state index in [0.717, 1.165) is 5.56 Å². The summed E-state index contributed by atoms with van der Waals surface area (Å²) in [6.45, 7) is 2.32. The third-order valence-corrected chi connectivity index (χ3v) is 4.46. The van der Waals surface area contributed by atoms with Crippen LogP contribution in [0.15, 0.2) is 30.3 Å². The van der Waals surface area contributed by atoms with E-state index in [-0.39, 0.29) is 29.0 Å². The Kier molecular flexibility index (Phi) is 4.06. The van der Waals surface area contributed by atoms with Crippen molar-refractivity contribution in [1.82, 2.24) is 14.7 Å². The summed E-state index contributed by atoms with van der Waals surface area (Å²) >= 11 is 0. The average Bonchev–Trinajstić information content (AvgIpc) is 3.07. The summed E-state index contributed by atoms with van der Waals surface area (Å²) in [6, 6.07) is 9.55. The van der Waals surface area contributed by atoms with Crippen LogP contribution in [0.4, 0.5) is 5.69 Å². The van der Waals surface area contributed by atoms with E-state index in [4.69, 9.17) is 5.73 Å². The number of rotatable bonds is 3. The molecule has 2 aromatic rings. The van der Waals surface area contributed by atoms with E-state index < -0.39 is 10.8 Å². The van der Waals surface area contributed by atoms with Gasteiger partial charge in [-0.3, -0.25) is 19.6 Å². The van der Waals surface area contributed by atoms with Crippen molar-refractivity contribution < 1.29 is 9.72 Å². The van der Waals surface area contributed by atoms with E-state index in [1.54, 1.807) is 4.90 Å². The van der Waals surface area contributed by atoms with Crippen LogP contribution in [0.2, 0.25) is 0 Å². The lowest BCUT2D eigenvalue weighted by Crippen LogP contribution is -2.33. The minimum Gasteiger partial charge on any atom is -0.335 e. The summed E-state index contributed by atoms with van der Waals surface area (Å²) in [5, 5.41) is 15.3. The van der Waals surface area contributed by atoms with Gasteiger partial charge < -0.3 is 10.6 Å². The van der Waals surface area contributed by atoms with E-state index in [1.165, 1.54) is 18.7 Å². The SMILES string of the molecule is Cc1nn(C)c(C(=O)N2C[C@@H](N)[C@H](c3ccccc3)C2)c1[N+](=O)[O-]. The van der Waals surface area contributed by atoms with E-state index in [9.17, 15) is 14.9 Å². The molecule has 8 nitrogen and oxygen atoms in total. The van der Waals surface area contributed by atoms with Gasteiger partial charge in [-0.1, -0.05) is 30.3 Å². The average molecular weight is 329 g/mol. The number of amides is 1. The quantitative estimate of drug-likeness (QED) is 0.672. The van der Waals surface area contributed by atoms with Crippen molar-refractivity contribution in [3.05, 3.63) is 57.4 Å². The topological polar surface area (TPSA) is 107 Å². The first-order valence-electron chi connectivity index (χ1n) is 7.68. The Labute approximate surface area is 139 Å². The van der Waals surface area contributed by atoms with Crippen molar-refractivity contribution in [3.63, 3.8) is 0 Å². The number of benzene rings is 1. The minimum absolute atomic E-state index is 0.00147. The van der Waals surface area contributed by atoms with Gasteiger partial charge in [-0.2, -0.15) is 5.10 Å². The zero-order valence-corrected chi connectivity index (χ0v) is 13.5. The van der Waals surface area contributed by atoms with Crippen LogP contribution in [0.1, 0.15) is 27.7 Å². The molecule has 0 radical (unpaired) electrons. The molecule has 1 saturated heterocycles. The lowest BCUT2D eigenvalue weighted by atomic mass is 9.95. The molecule has 24 heavy (non-hydrogen) atoms. The number of nitrogens with two attached hydrogens (primary N) is 1. The van der Waals surface area contributed by atoms with Crippen LogP contribution in [0.25, 0.3) is 0 Å². The highest BCUT2D eigenvalue weighted by Gasteiger charge is 2.38. The molecule has 3 rings (SSSR count). The third kappa shape index (κ3) is 2.65. The number of nitro groups is 1. The Hall–Kier alpha value is -2.74. The number of hydrogen-bond donors (Lipinski definition) is 1. The molecular formula is C16H19N5O3. The van der Waals surface area contributed by atoms with Crippen molar-refractivity contribution in [2.75, 3.05) is 13.1 Å². The van der Waals surface area contributed by atoms with Crippen LogP contribution in [-0.4, -0.2) is 44.6 Å². The molecule has 1 aliphatic heterocycles. The Balaban J connectivity index is 1.89. The predicted octanol–water partition coefficient (Wildman–Crippen LogP) is 1.20. The van der Waals surface area contributed by atoms with Gasteiger partial charge in [0.1, 0.15) is 5.69 Å². The fraction of sp³-hybridized carbons (Fsp3) is 0.375. The molecule has 2 heterocycles. The number of likely N-dealkylation sites (tertiary alicyclic amines) is 1. The molecule has 0 aliphatic carbocycles. The van der Waals surface area contributed by atoms with Gasteiger partial charge in [-0.15, -0.1) is 0 Å². The molecule has 1 aromatic carbocycles. The van der Waals surface area contributed by atoms with Gasteiger partial charge in [0.15, 0.2) is 0 Å². The highest BCUT2D eigenvalue weighted by atomic mass is 16.6. The summed E-state index contributed by atoms with van der Waals surface area (Å²) in [5.74, 6) is -0.387. The lowest BCUT2D eigenvalue weighted by molar-refractivity contribution is -0.385. The predicted molar refractivity (Wildman–Crippen MR) is 87.7 cm³/mol. The van der Waals surface area contributed by atoms with Gasteiger partial charge in [0.2, 0.25) is 5.69 Å². The summed E-state index contributed by atoms with van der Waals surface area (Å²) in [6.07, 6.45) is 0. The number of carbonyl (C=O) groups is 1. The van der Waals surface area contributed by atoms with Crippen LogP contribution in [0.5, 0.6) is 0 Å². The monoisotopic (exact) mass is 329 g/mol. The zero-order chi connectivity index (χ0) is 17.4. The van der Waals surface area contributed by atoms with Crippen LogP contribution in [-0.2, 0) is 7.05 Å². The largest absolute Gasteiger partial charge is 0.335 e. The second kappa shape index (κ2) is 6.04. The highest BCUT2D eigenvalue weighted by Crippen LogP contribution is 2.30. The molecule has 0 saturated carbocycles. The lowest BCUT2D eigenvalue weighted by Gasteiger charge is -2.16. The fourth-order valence-corrected chi connectivity index (χ4v) is 3.30. The van der Waals surface area contributed by atoms with Crippen LogP contribution in [0.3, 0.4) is 0 Å². The van der Waals surface area contributed by atoms with Crippen LogP contribution >= 0.6 is 0 Å². The Bertz CT molecular complexity index is 787. The van der Waals surface area contributed by atoms with Gasteiger partial charge in [-0.25, -0.2) is 0 Å². The molecule has 0 unspecified atom stereocenters. The maximum atomic E-state index is 12.8. The Morgan fingerprint density at radius 1 is 1.33 bits per heavy atom. The van der Waals surface area contributed by atoms with Crippen molar-refractivity contribution >= 4 is 11.6 Å². The van der Waals surface area contributed by atoms with Crippen molar-refractivity contribution in [3.8, 4) is 0 Å². The third-order valence-electron chi connectivity index (χ3n) is 4.46. The number of nitrogens with zero attached hydrogens (tertiary/aromatic N) is 4. The standard InChI is InChI=1S/C16H19N5O3/c1-10-14(21(23)24)15(19(2)18-10)16(22)20-8-12(13(17)9-20)11-6-4-3-5-7-11/h3-7,12-13H,8-9,17H2,1-2H3/t12-,13+/m0/s1. The first-order chi connectivity index (χ1) is 11.4. The zero-order valence-electron chi connectivity index (χ0n) is 13.5. The summed E-state index contributed by atoms with van der Waals surface area (Å²) in [5.41, 5.74) is 7.27. The smallest absolute Gasteiger partial charge is 0.322 e. The van der Waals surface area contributed by atoms with Gasteiger partial charge in [0, 0.05) is 32.1 Å². The van der Waals surface area contributed by atoms with E-state index in [1.807, 2.05) is 30.3 Å². The Morgan fingerprint density at radius 2 is 2.00 bits per heavy atom. The molecule has 2 atom stereocenters. The number of carbonyl (C=O) groups excluding carboxylic acids is 1. The molecule has 1 aliphatic rings. The van der Waals surface area contributed by atoms with Gasteiger partial charge in [0.25, 0.3) is 5.91 Å². The van der Waals surface area contributed by atoms with Crippen molar-refractivity contribution in [2.24, 2.45) is 12.8 Å². The first kappa shape index (κ1) is 16.1. The second-order valence-corrected chi connectivity index (χ2v) is 6.05. The molecule has 2 N–H and O–H groups in total. The van der Waals surface area contributed by atoms with E-state index in [0.29, 0.717) is 13.1 Å². The fourth-order valence-electron chi connectivity index (χ4n) is 3.30. The second-order valence-electron chi connectivity index (χ2n) is 6.05. The molecule has 1 fully saturated rings. The number of aryl methyl sites for hydroxylation is 2. The van der Waals surface area contributed by atoms with Gasteiger partial charge in [-0.05, 0) is 12.5 Å². The molecule has 8 heteroatoms. The summed E-state index contributed by atoms with van der Waals surface area (Å²) in [4.78, 5) is 25.1. The molecule has 1 aromatic heterocycles. The molecule has 1 amide bonds. The van der Waals surface area contributed by atoms with E-state index in [2.05, 4.69) is 5.10 Å². The van der Waals surface area contributed by atoms with Crippen LogP contribution in [0, 0.1) is 17.0 Å². The van der Waals surface area contributed by atoms with Crippen molar-refractivity contribution in [2.45, 2.75) is 18.9 Å². The Morgan fingerprint density at radius 3 is 2.62 bits per heavy atom. The van der Waals surface area contributed by atoms with Crippen LogP contribution < -0.4 is 5.73 Å². The molecular weight excluding hydrogens is 310 g/mol. The normalized spacial score (nSPS) is 20.4. The highest BCUT2D eigenvalue weighted by molar-refractivity contribution is 5.97. The minimum atomic E-state index is -0.555. The summed E-state index contributed by atoms with van der Waals surface area (Å²) < 4.78 is 1.27. The van der Waals surface area contributed by atoms with Crippen molar-refractivity contribution in [1.29, 1.82) is 0 Å². The molecule has 0 bridgehead atoms. The number of hydrogen-bond acceptors (Lipinski definition) is 5. The van der Waals surface area contributed by atoms with E-state index >= 15 is 0 Å².